The fourth-order valence-electron chi connectivity index (χ4n) is 2.78. The van der Waals surface area contributed by atoms with E-state index in [1.54, 1.807) is 6.55 Å². The molecule has 0 aromatic rings. The summed E-state index contributed by atoms with van der Waals surface area (Å²) in [6, 6.07) is 0.766. The molecular formula is C15H29F6NO3Si2. The predicted octanol–water partition coefficient (Wildman–Crippen LogP) is 4.86. The maximum atomic E-state index is 12.8. The summed E-state index contributed by atoms with van der Waals surface area (Å²) in [5.41, 5.74) is 0.165. The summed E-state index contributed by atoms with van der Waals surface area (Å²) in [6.45, 7) is 9.41. The highest BCUT2D eigenvalue weighted by Gasteiger charge is 2.62. The molecule has 1 amide bonds. The SMILES string of the molecule is CCC[Si](C)(O[Si](C)(CN(C)C(=O)C(C(F)(F)F)C(F)(F)F)OC)C(C)C. The lowest BCUT2D eigenvalue weighted by Gasteiger charge is -2.41. The summed E-state index contributed by atoms with van der Waals surface area (Å²) < 4.78 is 88.5. The van der Waals surface area contributed by atoms with Crippen LogP contribution in [0.2, 0.25) is 24.7 Å². The maximum Gasteiger partial charge on any atom is 0.409 e. The van der Waals surface area contributed by atoms with E-state index in [1.165, 1.54) is 7.11 Å². The van der Waals surface area contributed by atoms with Gasteiger partial charge in [0.1, 0.15) is 0 Å². The lowest BCUT2D eigenvalue weighted by atomic mass is 10.1. The molecule has 0 N–H and O–H groups in total. The van der Waals surface area contributed by atoms with Crippen LogP contribution in [-0.4, -0.2) is 60.4 Å². The Morgan fingerprint density at radius 1 is 1.07 bits per heavy atom. The van der Waals surface area contributed by atoms with Gasteiger partial charge < -0.3 is 13.4 Å². The predicted molar refractivity (Wildman–Crippen MR) is 94.8 cm³/mol. The lowest BCUT2D eigenvalue weighted by Crippen LogP contribution is -2.59. The van der Waals surface area contributed by atoms with Gasteiger partial charge in [-0.1, -0.05) is 27.2 Å². The number of hydrogen-bond acceptors (Lipinski definition) is 3. The minimum atomic E-state index is -5.72. The third-order valence-corrected chi connectivity index (χ3v) is 14.1. The van der Waals surface area contributed by atoms with Crippen LogP contribution in [0.15, 0.2) is 0 Å². The van der Waals surface area contributed by atoms with Crippen LogP contribution in [0.25, 0.3) is 0 Å². The van der Waals surface area contributed by atoms with Crippen molar-refractivity contribution >= 4 is 22.8 Å². The van der Waals surface area contributed by atoms with Gasteiger partial charge in [-0.25, -0.2) is 0 Å². The van der Waals surface area contributed by atoms with Gasteiger partial charge in [-0.2, -0.15) is 26.3 Å². The van der Waals surface area contributed by atoms with Crippen LogP contribution in [0.5, 0.6) is 0 Å². The van der Waals surface area contributed by atoms with Crippen LogP contribution in [-0.2, 0) is 13.3 Å². The smallest absolute Gasteiger partial charge is 0.409 e. The maximum absolute atomic E-state index is 12.8. The van der Waals surface area contributed by atoms with Gasteiger partial charge in [0.25, 0.3) is 0 Å². The van der Waals surface area contributed by atoms with Crippen LogP contribution in [0, 0.1) is 5.92 Å². The van der Waals surface area contributed by atoms with E-state index >= 15 is 0 Å². The molecule has 0 fully saturated rings. The van der Waals surface area contributed by atoms with Crippen LogP contribution < -0.4 is 0 Å². The van der Waals surface area contributed by atoms with E-state index < -0.39 is 47.2 Å². The Morgan fingerprint density at radius 2 is 1.52 bits per heavy atom. The minimum absolute atomic E-state index is 0.165. The fraction of sp³-hybridized carbons (Fsp3) is 0.933. The summed E-state index contributed by atoms with van der Waals surface area (Å²) in [4.78, 5) is 12.4. The van der Waals surface area contributed by atoms with E-state index in [9.17, 15) is 31.1 Å². The summed E-state index contributed by atoms with van der Waals surface area (Å²) in [7, 11) is -3.33. The van der Waals surface area contributed by atoms with Crippen molar-refractivity contribution in [2.24, 2.45) is 5.92 Å². The molecule has 0 saturated heterocycles. The molecule has 27 heavy (non-hydrogen) atoms. The van der Waals surface area contributed by atoms with Gasteiger partial charge in [-0.05, 0) is 24.7 Å². The van der Waals surface area contributed by atoms with Crippen molar-refractivity contribution in [3.05, 3.63) is 0 Å². The zero-order valence-corrected chi connectivity index (χ0v) is 18.7. The van der Waals surface area contributed by atoms with Crippen LogP contribution in [0.3, 0.4) is 0 Å². The van der Waals surface area contributed by atoms with Gasteiger partial charge in [-0.15, -0.1) is 0 Å². The molecule has 0 aromatic carbocycles. The number of carbonyl (C=O) groups is 1. The molecule has 0 saturated carbocycles. The van der Waals surface area contributed by atoms with Crippen molar-refractivity contribution < 1.29 is 39.7 Å². The Morgan fingerprint density at radius 3 is 1.81 bits per heavy atom. The normalized spacial score (nSPS) is 17.7. The Hall–Kier alpha value is -0.596. The van der Waals surface area contributed by atoms with Gasteiger partial charge in [0.05, 0.1) is 6.17 Å². The third-order valence-electron chi connectivity index (χ3n) is 4.65. The molecule has 0 bridgehead atoms. The van der Waals surface area contributed by atoms with E-state index in [0.29, 0.717) is 4.90 Å². The van der Waals surface area contributed by atoms with Crippen molar-refractivity contribution in [1.82, 2.24) is 4.90 Å². The molecule has 2 atom stereocenters. The first-order valence-corrected chi connectivity index (χ1v) is 13.8. The van der Waals surface area contributed by atoms with E-state index in [-0.39, 0.29) is 5.54 Å². The number of halogens is 6. The second-order valence-electron chi connectivity index (χ2n) is 7.37. The molecule has 0 spiro atoms. The minimum Gasteiger partial charge on any atom is -0.434 e. The highest BCUT2D eigenvalue weighted by molar-refractivity contribution is 6.84. The van der Waals surface area contributed by atoms with Crippen LogP contribution in [0.1, 0.15) is 27.2 Å². The quantitative estimate of drug-likeness (QED) is 0.379. The highest BCUT2D eigenvalue weighted by atomic mass is 28.4. The Bertz CT molecular complexity index is 489. The third kappa shape index (κ3) is 7.39. The standard InChI is InChI=1S/C15H29F6NO3Si2/c1-8-9-26(6,11(2)3)25-27(7,24-5)10-22(4)13(23)12(14(16,17)18)15(19,20)21/h11-12H,8-10H2,1-7H3. The lowest BCUT2D eigenvalue weighted by molar-refractivity contribution is -0.277. The number of hydrogen-bond donors (Lipinski definition) is 0. The van der Waals surface area contributed by atoms with Crippen LogP contribution >= 0.6 is 0 Å². The summed E-state index contributed by atoms with van der Waals surface area (Å²) in [5.74, 6) is -6.12. The van der Waals surface area contributed by atoms with Crippen molar-refractivity contribution in [2.75, 3.05) is 20.3 Å². The average molecular weight is 442 g/mol. The molecule has 0 radical (unpaired) electrons. The molecule has 0 aliphatic heterocycles. The first kappa shape index (κ1) is 26.4. The first-order valence-electron chi connectivity index (χ1n) is 8.57. The number of alkyl halides is 6. The van der Waals surface area contributed by atoms with E-state index in [0.717, 1.165) is 19.5 Å². The number of amides is 1. The zero-order chi connectivity index (χ0) is 21.8. The van der Waals surface area contributed by atoms with Crippen molar-refractivity contribution in [3.8, 4) is 0 Å². The van der Waals surface area contributed by atoms with Gasteiger partial charge >= 0.3 is 20.9 Å². The van der Waals surface area contributed by atoms with Gasteiger partial charge in [0.15, 0.2) is 8.32 Å². The van der Waals surface area contributed by atoms with Crippen molar-refractivity contribution in [2.45, 2.75) is 64.2 Å². The first-order chi connectivity index (χ1) is 11.9. The molecule has 4 nitrogen and oxygen atoms in total. The molecule has 0 aliphatic carbocycles. The topological polar surface area (TPSA) is 38.8 Å². The molecular weight excluding hydrogens is 412 g/mol. The van der Waals surface area contributed by atoms with E-state index in [1.807, 2.05) is 27.3 Å². The fourth-order valence-corrected chi connectivity index (χ4v) is 11.4. The van der Waals surface area contributed by atoms with Gasteiger partial charge in [0, 0.05) is 14.2 Å². The monoisotopic (exact) mass is 441 g/mol. The van der Waals surface area contributed by atoms with Gasteiger partial charge in [-0.3, -0.25) is 4.79 Å². The zero-order valence-electron chi connectivity index (χ0n) is 16.7. The number of nitrogens with zero attached hydrogens (tertiary/aromatic N) is 1. The molecule has 0 aliphatic rings. The van der Waals surface area contributed by atoms with E-state index in [4.69, 9.17) is 8.54 Å². The Balaban J connectivity index is 5.58. The Kier molecular flexibility index (Phi) is 9.06. The number of rotatable bonds is 9. The summed E-state index contributed by atoms with van der Waals surface area (Å²) in [5, 5.41) is 0. The second-order valence-corrected chi connectivity index (χ2v) is 15.5. The number of carbonyl (C=O) groups excluding carboxylic acids is 1. The molecule has 12 heteroatoms. The largest absolute Gasteiger partial charge is 0.434 e. The van der Waals surface area contributed by atoms with Crippen molar-refractivity contribution in [3.63, 3.8) is 0 Å². The summed E-state index contributed by atoms with van der Waals surface area (Å²) >= 11 is 0. The average Bonchev–Trinajstić information content (AvgIpc) is 2.43. The van der Waals surface area contributed by atoms with E-state index in [2.05, 4.69) is 0 Å². The Labute approximate surface area is 158 Å². The second kappa shape index (κ2) is 9.27. The molecule has 2 unspecified atom stereocenters. The van der Waals surface area contributed by atoms with Gasteiger partial charge in [0.2, 0.25) is 11.8 Å². The molecule has 0 aromatic heterocycles. The molecule has 162 valence electrons. The highest BCUT2D eigenvalue weighted by Crippen LogP contribution is 2.40. The van der Waals surface area contributed by atoms with Crippen molar-refractivity contribution in [1.29, 1.82) is 0 Å². The van der Waals surface area contributed by atoms with Crippen LogP contribution in [0.4, 0.5) is 26.3 Å². The molecule has 0 rings (SSSR count). The molecule has 0 heterocycles. The summed E-state index contributed by atoms with van der Waals surface area (Å²) in [6.07, 6.45) is -11.0.